The zero-order valence-electron chi connectivity index (χ0n) is 16.8. The van der Waals surface area contributed by atoms with E-state index >= 15 is 0 Å². The Hall–Kier alpha value is -3.69. The molecule has 0 saturated carbocycles. The first kappa shape index (κ1) is 20.2. The third-order valence-electron chi connectivity index (χ3n) is 5.18. The molecule has 4 heterocycles. The predicted octanol–water partition coefficient (Wildman–Crippen LogP) is 3.82. The molecule has 0 aliphatic carbocycles. The second-order valence-corrected chi connectivity index (χ2v) is 8.53. The van der Waals surface area contributed by atoms with Crippen LogP contribution >= 0.6 is 22.9 Å². The minimum atomic E-state index is -0.529. The van der Waals surface area contributed by atoms with Crippen molar-refractivity contribution < 1.29 is 4.79 Å². The number of pyridine rings is 1. The minimum absolute atomic E-state index is 0.0781. The first-order valence-electron chi connectivity index (χ1n) is 9.73. The lowest BCUT2D eigenvalue weighted by Gasteiger charge is -2.20. The number of halogens is 1. The van der Waals surface area contributed by atoms with Gasteiger partial charge in [0.15, 0.2) is 11.5 Å². The predicted molar refractivity (Wildman–Crippen MR) is 126 cm³/mol. The largest absolute Gasteiger partial charge is 0.381 e. The molecule has 5 aromatic rings. The zero-order valence-corrected chi connectivity index (χ0v) is 18.4. The van der Waals surface area contributed by atoms with Crippen LogP contribution in [-0.4, -0.2) is 25.1 Å². The number of para-hydroxylation sites is 1. The fourth-order valence-electron chi connectivity index (χ4n) is 3.72. The van der Waals surface area contributed by atoms with Gasteiger partial charge in [-0.3, -0.25) is 14.2 Å². The number of amides is 1. The monoisotopic (exact) mass is 464 g/mol. The highest BCUT2D eigenvalue weighted by Crippen LogP contribution is 2.30. The zero-order chi connectivity index (χ0) is 22.4. The highest BCUT2D eigenvalue weighted by molar-refractivity contribution is 7.17. The Kier molecular flexibility index (Phi) is 4.91. The van der Waals surface area contributed by atoms with Crippen LogP contribution in [0.3, 0.4) is 0 Å². The van der Waals surface area contributed by atoms with E-state index in [2.05, 4.69) is 15.4 Å². The van der Waals surface area contributed by atoms with E-state index < -0.39 is 11.9 Å². The van der Waals surface area contributed by atoms with Crippen LogP contribution in [0, 0.1) is 0 Å². The van der Waals surface area contributed by atoms with E-state index in [1.54, 1.807) is 28.4 Å². The minimum Gasteiger partial charge on any atom is -0.381 e. The summed E-state index contributed by atoms with van der Waals surface area (Å²) in [7, 11) is 0. The summed E-state index contributed by atoms with van der Waals surface area (Å²) in [6, 6.07) is 12.3. The molecule has 10 heteroatoms. The van der Waals surface area contributed by atoms with Crippen molar-refractivity contribution in [2.75, 3.05) is 5.73 Å². The number of nitrogens with one attached hydrogen (secondary N) is 1. The van der Waals surface area contributed by atoms with Crippen LogP contribution in [0.25, 0.3) is 21.4 Å². The maximum atomic E-state index is 13.4. The Morgan fingerprint density at radius 2 is 2.03 bits per heavy atom. The highest BCUT2D eigenvalue weighted by atomic mass is 35.5. The van der Waals surface area contributed by atoms with Crippen LogP contribution < -0.4 is 16.6 Å². The molecule has 0 aliphatic heterocycles. The van der Waals surface area contributed by atoms with Crippen LogP contribution in [0.1, 0.15) is 29.0 Å². The van der Waals surface area contributed by atoms with Gasteiger partial charge in [-0.2, -0.15) is 0 Å². The fraction of sp³-hybridized carbons (Fsp3) is 0.0909. The topological polar surface area (TPSA) is 107 Å². The normalized spacial score (nSPS) is 12.3. The molecule has 0 bridgehead atoms. The van der Waals surface area contributed by atoms with Gasteiger partial charge in [-0.1, -0.05) is 29.8 Å². The molecule has 0 saturated heterocycles. The second-order valence-electron chi connectivity index (χ2n) is 7.21. The summed E-state index contributed by atoms with van der Waals surface area (Å²) in [5.41, 5.74) is 7.58. The van der Waals surface area contributed by atoms with Crippen molar-refractivity contribution in [2.24, 2.45) is 0 Å². The number of thiophene rings is 1. The number of anilines is 1. The van der Waals surface area contributed by atoms with E-state index in [1.165, 1.54) is 15.9 Å². The van der Waals surface area contributed by atoms with Crippen molar-refractivity contribution in [1.82, 2.24) is 24.5 Å². The smallest absolute Gasteiger partial charge is 0.265 e. The number of aromatic nitrogens is 4. The number of carbonyl (C=O) groups excluding carboxylic acids is 1. The molecule has 8 nitrogen and oxygen atoms in total. The number of benzene rings is 1. The number of nitrogens with two attached hydrogens (primary N) is 1. The number of hydrogen-bond donors (Lipinski definition) is 2. The van der Waals surface area contributed by atoms with Crippen LogP contribution in [0.4, 0.5) is 5.82 Å². The number of hydrogen-bond acceptors (Lipinski definition) is 6. The van der Waals surface area contributed by atoms with Gasteiger partial charge < -0.3 is 11.1 Å². The average Bonchev–Trinajstić information content (AvgIpc) is 3.33. The molecule has 1 atom stereocenters. The average molecular weight is 465 g/mol. The van der Waals surface area contributed by atoms with Gasteiger partial charge in [0.1, 0.15) is 5.56 Å². The van der Waals surface area contributed by atoms with Crippen LogP contribution in [0.5, 0.6) is 0 Å². The van der Waals surface area contributed by atoms with Crippen molar-refractivity contribution in [3.05, 3.63) is 86.9 Å². The Balaban J connectivity index is 1.62. The molecule has 32 heavy (non-hydrogen) atoms. The van der Waals surface area contributed by atoms with Crippen LogP contribution in [-0.2, 0) is 0 Å². The lowest BCUT2D eigenvalue weighted by molar-refractivity contribution is 0.0941. The third-order valence-corrected chi connectivity index (χ3v) is 6.54. The molecule has 3 N–H and O–H groups in total. The molecule has 0 aliphatic rings. The van der Waals surface area contributed by atoms with Crippen molar-refractivity contribution in [3.63, 3.8) is 0 Å². The molecule has 1 unspecified atom stereocenters. The number of carbonyl (C=O) groups is 1. The molecule has 1 aromatic carbocycles. The van der Waals surface area contributed by atoms with Crippen molar-refractivity contribution in [2.45, 2.75) is 13.0 Å². The number of fused-ring (bicyclic) bond motifs is 2. The Morgan fingerprint density at radius 1 is 1.25 bits per heavy atom. The summed E-state index contributed by atoms with van der Waals surface area (Å²) >= 11 is 7.67. The van der Waals surface area contributed by atoms with Gasteiger partial charge in [-0.25, -0.2) is 9.50 Å². The number of rotatable bonds is 4. The quantitative estimate of drug-likeness (QED) is 0.420. The lowest BCUT2D eigenvalue weighted by Crippen LogP contribution is -2.32. The first-order chi connectivity index (χ1) is 15.5. The van der Waals surface area contributed by atoms with Gasteiger partial charge in [0.2, 0.25) is 0 Å². The van der Waals surface area contributed by atoms with Crippen LogP contribution in [0.15, 0.2) is 65.0 Å². The SMILES string of the molecule is CC(NC(=O)c1c(N)nn2cccnc12)c1cc2scc(Cl)c2c(=O)n1-c1ccccc1. The Labute approximate surface area is 190 Å². The fourth-order valence-corrected chi connectivity index (χ4v) is 4.94. The summed E-state index contributed by atoms with van der Waals surface area (Å²) in [6.07, 6.45) is 3.23. The van der Waals surface area contributed by atoms with E-state index in [4.69, 9.17) is 17.3 Å². The van der Waals surface area contributed by atoms with E-state index in [-0.39, 0.29) is 16.9 Å². The molecule has 1 amide bonds. The summed E-state index contributed by atoms with van der Waals surface area (Å²) in [5, 5.41) is 9.69. The maximum Gasteiger partial charge on any atom is 0.265 e. The molecule has 0 radical (unpaired) electrons. The standard InChI is InChI=1S/C22H17ClN6O2S/c1-12(26-21(30)18-19(24)27-28-9-5-8-25-20(18)28)15-10-16-17(14(23)11-32-16)22(31)29(15)13-6-3-2-4-7-13/h2-12H,1H3,(H2,24,27)(H,26,30). The van der Waals surface area contributed by atoms with Crippen molar-refractivity contribution in [1.29, 1.82) is 0 Å². The van der Waals surface area contributed by atoms with Gasteiger partial charge in [0.25, 0.3) is 11.5 Å². The molecule has 0 fully saturated rings. The van der Waals surface area contributed by atoms with E-state index in [0.717, 1.165) is 4.70 Å². The molecule has 160 valence electrons. The van der Waals surface area contributed by atoms with Crippen molar-refractivity contribution in [3.8, 4) is 5.69 Å². The second kappa shape index (κ2) is 7.77. The van der Waals surface area contributed by atoms with E-state index in [9.17, 15) is 9.59 Å². The highest BCUT2D eigenvalue weighted by Gasteiger charge is 2.24. The van der Waals surface area contributed by atoms with Gasteiger partial charge in [0.05, 0.1) is 16.5 Å². The number of nitrogens with zero attached hydrogens (tertiary/aromatic N) is 4. The summed E-state index contributed by atoms with van der Waals surface area (Å²) in [4.78, 5) is 30.8. The molecule has 0 spiro atoms. The Morgan fingerprint density at radius 3 is 2.81 bits per heavy atom. The lowest BCUT2D eigenvalue weighted by atomic mass is 10.1. The maximum absolute atomic E-state index is 13.4. The van der Waals surface area contributed by atoms with E-state index in [1.807, 2.05) is 43.3 Å². The summed E-state index contributed by atoms with van der Waals surface area (Å²) < 4.78 is 3.78. The number of nitrogen functional groups attached to an aromatic ring is 1. The first-order valence-corrected chi connectivity index (χ1v) is 11.0. The summed E-state index contributed by atoms with van der Waals surface area (Å²) in [6.45, 7) is 1.81. The van der Waals surface area contributed by atoms with Gasteiger partial charge in [0, 0.05) is 33.9 Å². The van der Waals surface area contributed by atoms with Crippen molar-refractivity contribution >= 4 is 50.4 Å². The van der Waals surface area contributed by atoms with Crippen LogP contribution in [0.2, 0.25) is 5.02 Å². The molecule has 5 rings (SSSR count). The third kappa shape index (κ3) is 3.22. The summed E-state index contributed by atoms with van der Waals surface area (Å²) in [5.74, 6) is -0.352. The molecular weight excluding hydrogens is 448 g/mol. The molecule has 4 aromatic heterocycles. The van der Waals surface area contributed by atoms with Gasteiger partial charge in [-0.05, 0) is 31.2 Å². The van der Waals surface area contributed by atoms with E-state index in [0.29, 0.717) is 27.4 Å². The van der Waals surface area contributed by atoms with Gasteiger partial charge >= 0.3 is 0 Å². The Bertz CT molecular complexity index is 1540. The van der Waals surface area contributed by atoms with Gasteiger partial charge in [-0.15, -0.1) is 16.4 Å². The molecular formula is C22H17ClN6O2S.